The first kappa shape index (κ1) is 44.3. The largest absolute Gasteiger partial charge is 0.481 e. The molecule has 2 aliphatic heterocycles. The van der Waals surface area contributed by atoms with Crippen LogP contribution in [0.15, 0.2) is 11.6 Å². The van der Waals surface area contributed by atoms with Gasteiger partial charge in [0.15, 0.2) is 6.29 Å². The van der Waals surface area contributed by atoms with Crippen LogP contribution in [0.3, 0.4) is 0 Å². The van der Waals surface area contributed by atoms with E-state index in [1.807, 2.05) is 6.92 Å². The number of allylic oxidation sites excluding steroid dienone is 1. The summed E-state index contributed by atoms with van der Waals surface area (Å²) in [4.78, 5) is 27.7. The number of ether oxygens (including phenoxy) is 4. The van der Waals surface area contributed by atoms with Gasteiger partial charge in [-0.2, -0.15) is 0 Å². The minimum Gasteiger partial charge on any atom is -0.481 e. The molecule has 7 rings (SSSR count). The highest BCUT2D eigenvalue weighted by Gasteiger charge is 2.73. The molecule has 0 aromatic rings. The molecule has 7 aliphatic rings. The van der Waals surface area contributed by atoms with Crippen molar-refractivity contribution < 1.29 is 79.6 Å². The summed E-state index contributed by atoms with van der Waals surface area (Å²) < 4.78 is 22.8. The quantitative estimate of drug-likeness (QED) is 0.123. The minimum atomic E-state index is -1.87. The number of aliphatic hydroxyl groups is 9. The third-order valence-electron chi connectivity index (χ3n) is 17.7. The lowest BCUT2D eigenvalue weighted by Crippen LogP contribution is -2.69. The molecule has 2 heterocycles. The summed E-state index contributed by atoms with van der Waals surface area (Å²) in [6, 6.07) is 0. The predicted octanol–water partition coefficient (Wildman–Crippen LogP) is 0.352. The Labute approximate surface area is 339 Å². The van der Waals surface area contributed by atoms with Crippen LogP contribution >= 0.6 is 0 Å². The van der Waals surface area contributed by atoms with Crippen LogP contribution in [0.4, 0.5) is 0 Å². The molecule has 0 unspecified atom stereocenters. The molecular formula is C42H66O16. The summed E-state index contributed by atoms with van der Waals surface area (Å²) in [5, 5.41) is 107. The van der Waals surface area contributed by atoms with Crippen LogP contribution in [-0.4, -0.2) is 149 Å². The molecule has 6 fully saturated rings. The summed E-state index contributed by atoms with van der Waals surface area (Å²) in [6.07, 6.45) is -10.6. The average Bonchev–Trinajstić information content (AvgIpc) is 3.17. The first-order valence-electron chi connectivity index (χ1n) is 21.1. The summed E-state index contributed by atoms with van der Waals surface area (Å²) in [7, 11) is 0. The molecule has 10 N–H and O–H groups in total. The van der Waals surface area contributed by atoms with Gasteiger partial charge in [0, 0.05) is 5.92 Å². The first-order valence-corrected chi connectivity index (χ1v) is 21.1. The zero-order valence-electron chi connectivity index (χ0n) is 34.4. The Kier molecular flexibility index (Phi) is 11.4. The number of esters is 1. The molecule has 16 nitrogen and oxygen atoms in total. The fraction of sp³-hybridized carbons (Fsp3) is 0.905. The number of hydrogen-bond acceptors (Lipinski definition) is 15. The molecule has 330 valence electrons. The maximum Gasteiger partial charge on any atom is 0.315 e. The molecule has 21 atom stereocenters. The molecule has 4 saturated carbocycles. The maximum atomic E-state index is 14.9. The molecule has 0 radical (unpaired) electrons. The van der Waals surface area contributed by atoms with Crippen molar-refractivity contribution in [1.82, 2.24) is 0 Å². The molecule has 5 aliphatic carbocycles. The lowest BCUT2D eigenvalue weighted by Gasteiger charge is -2.71. The van der Waals surface area contributed by atoms with Crippen molar-refractivity contribution in [3.63, 3.8) is 0 Å². The van der Waals surface area contributed by atoms with Gasteiger partial charge in [-0.05, 0) is 106 Å². The monoisotopic (exact) mass is 826 g/mol. The maximum absolute atomic E-state index is 14.9. The Balaban J connectivity index is 1.16. The zero-order valence-corrected chi connectivity index (χ0v) is 34.4. The molecule has 0 aromatic carbocycles. The molecule has 0 bridgehead atoms. The van der Waals surface area contributed by atoms with Gasteiger partial charge in [0.2, 0.25) is 6.29 Å². The highest BCUT2D eigenvalue weighted by atomic mass is 16.7. The molecular weight excluding hydrogens is 760 g/mol. The molecule has 2 saturated heterocycles. The average molecular weight is 827 g/mol. The van der Waals surface area contributed by atoms with E-state index in [0.29, 0.717) is 57.8 Å². The molecule has 0 amide bonds. The van der Waals surface area contributed by atoms with Crippen LogP contribution in [0.1, 0.15) is 99.3 Å². The fourth-order valence-corrected chi connectivity index (χ4v) is 13.6. The van der Waals surface area contributed by atoms with Crippen molar-refractivity contribution in [3.05, 3.63) is 11.6 Å². The van der Waals surface area contributed by atoms with Gasteiger partial charge in [-0.1, -0.05) is 39.3 Å². The van der Waals surface area contributed by atoms with E-state index in [-0.39, 0.29) is 28.6 Å². The number of aliphatic carboxylic acids is 1. The SMILES string of the molecule is C[C@@H]1CC[C@]2(C(=O)O[C@@H]3O[C@H](CO[C@@H]4O[C@H](CO)[C@@H](O)[C@H](O)[C@H]4O)[C@@H](O)[C@H](O)[C@H]3O)CC[C@]3(C)C(=CC[C@H]4[C@@]5(C)CC[C@H](O)[C@](C)(C(=O)O)[C@H]5CC[C@]43C)[C@@H]2[C@]1(C)O. The Morgan fingerprint density at radius 3 is 2.02 bits per heavy atom. The second-order valence-corrected chi connectivity index (χ2v) is 20.1. The van der Waals surface area contributed by atoms with E-state index >= 15 is 0 Å². The second-order valence-electron chi connectivity index (χ2n) is 20.1. The minimum absolute atomic E-state index is 0.0740. The van der Waals surface area contributed by atoms with Gasteiger partial charge in [-0.25, -0.2) is 0 Å². The van der Waals surface area contributed by atoms with Crippen molar-refractivity contribution in [2.24, 2.45) is 50.7 Å². The van der Waals surface area contributed by atoms with Crippen molar-refractivity contribution in [2.45, 2.75) is 172 Å². The van der Waals surface area contributed by atoms with Crippen LogP contribution in [0, 0.1) is 50.7 Å². The predicted molar refractivity (Wildman–Crippen MR) is 201 cm³/mol. The van der Waals surface area contributed by atoms with Crippen LogP contribution in [0.2, 0.25) is 0 Å². The lowest BCUT2D eigenvalue weighted by molar-refractivity contribution is -0.329. The van der Waals surface area contributed by atoms with Gasteiger partial charge < -0.3 is 70.0 Å². The summed E-state index contributed by atoms with van der Waals surface area (Å²) in [5.74, 6) is -2.77. The van der Waals surface area contributed by atoms with Gasteiger partial charge in [-0.15, -0.1) is 0 Å². The van der Waals surface area contributed by atoms with E-state index in [0.717, 1.165) is 5.57 Å². The summed E-state index contributed by atoms with van der Waals surface area (Å²) >= 11 is 0. The number of hydrogen-bond donors (Lipinski definition) is 10. The molecule has 0 spiro atoms. The number of carboxylic acid groups (broad SMARTS) is 1. The summed E-state index contributed by atoms with van der Waals surface area (Å²) in [6.45, 7) is 10.8. The molecule has 0 aromatic heterocycles. The van der Waals surface area contributed by atoms with Gasteiger partial charge >= 0.3 is 11.9 Å². The number of carboxylic acids is 1. The van der Waals surface area contributed by atoms with Crippen LogP contribution in [0.25, 0.3) is 0 Å². The zero-order chi connectivity index (χ0) is 42.7. The van der Waals surface area contributed by atoms with Crippen LogP contribution in [0.5, 0.6) is 0 Å². The number of fused-ring (bicyclic) bond motifs is 7. The number of aliphatic hydroxyl groups excluding tert-OH is 8. The first-order chi connectivity index (χ1) is 27.0. The highest BCUT2D eigenvalue weighted by Crippen LogP contribution is 2.76. The van der Waals surface area contributed by atoms with E-state index in [4.69, 9.17) is 18.9 Å². The van der Waals surface area contributed by atoms with E-state index in [2.05, 4.69) is 26.8 Å². The lowest BCUT2D eigenvalue weighted by atomic mass is 9.33. The van der Waals surface area contributed by atoms with E-state index in [1.165, 1.54) is 0 Å². The van der Waals surface area contributed by atoms with Gasteiger partial charge in [-0.3, -0.25) is 9.59 Å². The van der Waals surface area contributed by atoms with Crippen molar-refractivity contribution in [1.29, 1.82) is 0 Å². The third kappa shape index (κ3) is 6.13. The third-order valence-corrected chi connectivity index (χ3v) is 17.7. The smallest absolute Gasteiger partial charge is 0.315 e. The Bertz CT molecular complexity index is 1620. The van der Waals surface area contributed by atoms with E-state index in [1.54, 1.807) is 13.8 Å². The van der Waals surface area contributed by atoms with E-state index < -0.39 is 120 Å². The van der Waals surface area contributed by atoms with Crippen molar-refractivity contribution in [2.75, 3.05) is 13.2 Å². The van der Waals surface area contributed by atoms with Crippen molar-refractivity contribution in [3.8, 4) is 0 Å². The van der Waals surface area contributed by atoms with Gasteiger partial charge in [0.1, 0.15) is 48.8 Å². The molecule has 58 heavy (non-hydrogen) atoms. The number of rotatable bonds is 7. The normalized spacial score (nSPS) is 55.5. The standard InChI is InChI=1S/C42H66O16/c1-19-9-14-42(36(53)58-34-31(50)29(48)27(46)22(57-34)18-55-33-30(49)28(47)26(45)21(17-43)56-33)16-15-38(3)20(32(42)41(19,6)54)7-8-23-37(2)12-11-25(44)40(5,35(51)52)24(37)10-13-39(23,38)4/h7,19,21-34,43-50,54H,8-18H2,1-6H3,(H,51,52)/t19-,21-,22-,23+,24+,25+,26-,27-,28+,29+,30-,31-,32-,33-,34+,37-,38-,39-,40-,41-,42+/m1/s1. The van der Waals surface area contributed by atoms with Crippen LogP contribution in [-0.2, 0) is 28.5 Å². The Morgan fingerprint density at radius 1 is 0.759 bits per heavy atom. The second kappa shape index (κ2) is 14.9. The fourth-order valence-electron chi connectivity index (χ4n) is 13.6. The van der Waals surface area contributed by atoms with Crippen molar-refractivity contribution >= 4 is 11.9 Å². The molecule has 16 heteroatoms. The van der Waals surface area contributed by atoms with Crippen LogP contribution < -0.4 is 0 Å². The summed E-state index contributed by atoms with van der Waals surface area (Å²) in [5.41, 5.74) is -4.16. The van der Waals surface area contributed by atoms with E-state index in [9.17, 15) is 60.7 Å². The number of carbonyl (C=O) groups excluding carboxylic acids is 1. The Hall–Kier alpha value is -1.80. The van der Waals surface area contributed by atoms with Gasteiger partial charge in [0.25, 0.3) is 0 Å². The topological polar surface area (TPSA) is 273 Å². The number of carbonyl (C=O) groups is 2. The Morgan fingerprint density at radius 2 is 1.38 bits per heavy atom. The van der Waals surface area contributed by atoms with Gasteiger partial charge in [0.05, 0.1) is 35.7 Å². The highest BCUT2D eigenvalue weighted by molar-refractivity contribution is 5.79.